The average Bonchev–Trinajstić information content (AvgIpc) is 3.21. The minimum atomic E-state index is -2.91. The maximum absolute atomic E-state index is 14.7. The highest BCUT2D eigenvalue weighted by Gasteiger charge is 2.72. The van der Waals surface area contributed by atoms with Crippen LogP contribution in [0.3, 0.4) is 0 Å². The highest BCUT2D eigenvalue weighted by Crippen LogP contribution is 2.60. The third-order valence-electron chi connectivity index (χ3n) is 8.73. The van der Waals surface area contributed by atoms with Gasteiger partial charge in [-0.1, -0.05) is 41.9 Å². The molecule has 2 bridgehead atoms. The van der Waals surface area contributed by atoms with Crippen LogP contribution in [-0.2, 0) is 16.1 Å². The number of carbonyl (C=O) groups is 1. The van der Waals surface area contributed by atoms with Gasteiger partial charge in [-0.25, -0.2) is 18.6 Å². The summed E-state index contributed by atoms with van der Waals surface area (Å²) < 4.78 is 47.6. The first-order chi connectivity index (χ1) is 21.4. The second-order valence-corrected chi connectivity index (χ2v) is 14.6. The first-order valence-electron chi connectivity index (χ1n) is 15.1. The van der Waals surface area contributed by atoms with E-state index in [-0.39, 0.29) is 50.4 Å². The summed E-state index contributed by atoms with van der Waals surface area (Å²) in [5.74, 6) is -2.29. The second kappa shape index (κ2) is 11.2. The van der Waals surface area contributed by atoms with Crippen molar-refractivity contribution in [1.29, 1.82) is 0 Å². The molecule has 1 saturated carbocycles. The number of ether oxygens (including phenoxy) is 3. The summed E-state index contributed by atoms with van der Waals surface area (Å²) in [5.41, 5.74) is -1.13. The number of pyridine rings is 1. The van der Waals surface area contributed by atoms with Gasteiger partial charge in [0.15, 0.2) is 0 Å². The normalized spacial score (nSPS) is 24.0. The number of amides is 1. The molecular formula is C32H34ClF2N5O4S. The van der Waals surface area contributed by atoms with Crippen molar-refractivity contribution < 1.29 is 27.8 Å². The van der Waals surface area contributed by atoms with Crippen molar-refractivity contribution in [3.63, 3.8) is 0 Å². The smallest absolute Gasteiger partial charge is 0.410 e. The van der Waals surface area contributed by atoms with Gasteiger partial charge in [0, 0.05) is 31.1 Å². The van der Waals surface area contributed by atoms with Crippen LogP contribution in [0.15, 0.2) is 42.6 Å². The quantitative estimate of drug-likeness (QED) is 0.185. The molecule has 0 N–H and O–H groups in total. The van der Waals surface area contributed by atoms with Gasteiger partial charge in [0.2, 0.25) is 0 Å². The fourth-order valence-corrected chi connectivity index (χ4v) is 7.70. The predicted molar refractivity (Wildman–Crippen MR) is 168 cm³/mol. The molecule has 1 aromatic carbocycles. The first-order valence-corrected chi connectivity index (χ1v) is 16.3. The summed E-state index contributed by atoms with van der Waals surface area (Å²) in [6.07, 6.45) is 2.70. The number of halogens is 3. The first kappa shape index (κ1) is 30.3. The zero-order valence-electron chi connectivity index (χ0n) is 25.3. The molecule has 1 aliphatic carbocycles. The van der Waals surface area contributed by atoms with Crippen LogP contribution in [0.2, 0.25) is 5.15 Å². The van der Waals surface area contributed by atoms with Gasteiger partial charge in [-0.05, 0) is 45.2 Å². The van der Waals surface area contributed by atoms with Gasteiger partial charge >= 0.3 is 12.1 Å². The van der Waals surface area contributed by atoms with Crippen molar-refractivity contribution in [3.05, 3.63) is 53.3 Å². The number of anilines is 1. The number of aromatic nitrogens is 3. The zero-order chi connectivity index (χ0) is 31.6. The number of rotatable bonds is 8. The number of fused-ring (bicyclic) bond motifs is 5. The van der Waals surface area contributed by atoms with Crippen molar-refractivity contribution in [2.24, 2.45) is 5.41 Å². The molecule has 238 valence electrons. The summed E-state index contributed by atoms with van der Waals surface area (Å²) in [6, 6.07) is 11.2. The molecule has 3 aliphatic rings. The lowest BCUT2D eigenvalue weighted by atomic mass is 10.1. The topological polar surface area (TPSA) is 89.9 Å². The average molecular weight is 658 g/mol. The van der Waals surface area contributed by atoms with Crippen LogP contribution in [0.4, 0.5) is 19.4 Å². The summed E-state index contributed by atoms with van der Waals surface area (Å²) >= 11 is 7.83. The van der Waals surface area contributed by atoms with E-state index in [2.05, 4.69) is 14.9 Å². The number of hydrogen-bond donors (Lipinski definition) is 0. The van der Waals surface area contributed by atoms with E-state index in [1.165, 1.54) is 11.3 Å². The van der Waals surface area contributed by atoms with E-state index in [0.717, 1.165) is 33.9 Å². The number of carbonyl (C=O) groups excluding carboxylic acids is 1. The highest BCUT2D eigenvalue weighted by atomic mass is 35.5. The Balaban J connectivity index is 1.16. The molecule has 0 unspecified atom stereocenters. The fourth-order valence-electron chi connectivity index (χ4n) is 6.39. The Hall–Kier alpha value is -3.35. The van der Waals surface area contributed by atoms with Gasteiger partial charge in [-0.15, -0.1) is 11.3 Å². The molecule has 2 aliphatic heterocycles. The molecular weight excluding hydrogens is 624 g/mol. The number of piperazine rings is 1. The van der Waals surface area contributed by atoms with Gasteiger partial charge in [0.1, 0.15) is 28.0 Å². The van der Waals surface area contributed by atoms with Crippen molar-refractivity contribution >= 4 is 55.2 Å². The molecule has 5 heterocycles. The van der Waals surface area contributed by atoms with E-state index in [9.17, 15) is 13.6 Å². The molecule has 3 atom stereocenters. The molecule has 45 heavy (non-hydrogen) atoms. The summed E-state index contributed by atoms with van der Waals surface area (Å²) in [7, 11) is 0. The van der Waals surface area contributed by atoms with Gasteiger partial charge in [-0.3, -0.25) is 4.90 Å². The highest BCUT2D eigenvalue weighted by molar-refractivity contribution is 7.26. The number of thiophene rings is 1. The van der Waals surface area contributed by atoms with Crippen LogP contribution in [0.25, 0.3) is 20.3 Å². The summed E-state index contributed by atoms with van der Waals surface area (Å²) in [6.45, 7) is 6.45. The van der Waals surface area contributed by atoms with Crippen LogP contribution in [-0.4, -0.2) is 75.9 Å². The number of benzene rings is 1. The number of nitrogens with zero attached hydrogens (tertiary/aromatic N) is 5. The summed E-state index contributed by atoms with van der Waals surface area (Å²) in [4.78, 5) is 31.4. The van der Waals surface area contributed by atoms with Crippen LogP contribution < -0.4 is 9.64 Å². The zero-order valence-corrected chi connectivity index (χ0v) is 26.8. The van der Waals surface area contributed by atoms with Gasteiger partial charge in [-0.2, -0.15) is 9.97 Å². The van der Waals surface area contributed by atoms with Crippen molar-refractivity contribution in [1.82, 2.24) is 19.9 Å². The SMILES string of the molecule is CC(C)(C)OC(=O)N1[C@@H]2CC[C@H]1CN(c1nc(OC[C@]3(COCc4ccccc4)CC3(F)F)nc3sc4c(Cl)nccc4c13)C2. The fraction of sp³-hybridized carbons (Fsp3) is 0.500. The van der Waals surface area contributed by atoms with E-state index in [4.69, 9.17) is 30.8 Å². The molecule has 0 radical (unpaired) electrons. The Kier molecular flexibility index (Phi) is 7.52. The lowest BCUT2D eigenvalue weighted by Gasteiger charge is -2.42. The minimum absolute atomic E-state index is 0.0141. The molecule has 3 fully saturated rings. The number of hydrogen-bond acceptors (Lipinski definition) is 9. The lowest BCUT2D eigenvalue weighted by molar-refractivity contribution is -0.0173. The second-order valence-electron chi connectivity index (χ2n) is 13.2. The van der Waals surface area contributed by atoms with Crippen LogP contribution in [0.1, 0.15) is 45.6 Å². The third-order valence-corrected chi connectivity index (χ3v) is 10.2. The Morgan fingerprint density at radius 1 is 1.09 bits per heavy atom. The van der Waals surface area contributed by atoms with E-state index in [0.29, 0.717) is 28.9 Å². The van der Waals surface area contributed by atoms with Crippen LogP contribution >= 0.6 is 22.9 Å². The van der Waals surface area contributed by atoms with Crippen LogP contribution in [0.5, 0.6) is 6.01 Å². The largest absolute Gasteiger partial charge is 0.462 e. The molecule has 4 aromatic rings. The maximum Gasteiger partial charge on any atom is 0.410 e. The van der Waals surface area contributed by atoms with E-state index in [1.807, 2.05) is 62.1 Å². The molecule has 9 nitrogen and oxygen atoms in total. The van der Waals surface area contributed by atoms with Gasteiger partial charge in [0.05, 0.1) is 40.8 Å². The predicted octanol–water partition coefficient (Wildman–Crippen LogP) is 7.10. The van der Waals surface area contributed by atoms with E-state index >= 15 is 0 Å². The number of alkyl halides is 2. The van der Waals surface area contributed by atoms with Crippen molar-refractivity contribution in [3.8, 4) is 6.01 Å². The van der Waals surface area contributed by atoms with E-state index in [1.54, 1.807) is 6.20 Å². The van der Waals surface area contributed by atoms with Gasteiger partial charge in [0.25, 0.3) is 5.92 Å². The molecule has 3 aromatic heterocycles. The molecule has 7 rings (SSSR count). The monoisotopic (exact) mass is 657 g/mol. The summed E-state index contributed by atoms with van der Waals surface area (Å²) in [5, 5.41) is 2.01. The molecule has 0 spiro atoms. The van der Waals surface area contributed by atoms with Crippen molar-refractivity contribution in [2.45, 2.75) is 70.2 Å². The lowest BCUT2D eigenvalue weighted by Crippen LogP contribution is -2.57. The maximum atomic E-state index is 14.7. The van der Waals surface area contributed by atoms with Gasteiger partial charge < -0.3 is 19.1 Å². The third kappa shape index (κ3) is 5.76. The Bertz CT molecular complexity index is 1740. The Morgan fingerprint density at radius 3 is 2.47 bits per heavy atom. The Labute approximate surface area is 268 Å². The molecule has 13 heteroatoms. The van der Waals surface area contributed by atoms with Crippen LogP contribution in [0, 0.1) is 5.41 Å². The Morgan fingerprint density at radius 2 is 1.80 bits per heavy atom. The minimum Gasteiger partial charge on any atom is -0.462 e. The van der Waals surface area contributed by atoms with Crippen molar-refractivity contribution in [2.75, 3.05) is 31.2 Å². The van der Waals surface area contributed by atoms with E-state index < -0.39 is 16.9 Å². The molecule has 2 saturated heterocycles. The standard InChI is InChI=1S/C32H34ClF2N5O4S/c1-30(2,3)44-29(41)40-20-9-10-21(40)14-39(13-20)26-23-22-11-12-36-25(33)24(22)45-27(23)38-28(37-26)43-18-31(16-32(31,34)35)17-42-15-19-7-5-4-6-8-19/h4-8,11-12,20-21H,9-10,13-18H2,1-3H3/t20-,21+,31-/m1/s1. The molecule has 1 amide bonds.